The lowest BCUT2D eigenvalue weighted by atomic mass is 10.1. The summed E-state index contributed by atoms with van der Waals surface area (Å²) in [6.07, 6.45) is 4.42. The first kappa shape index (κ1) is 19.1. The average Bonchev–Trinajstić information content (AvgIpc) is 2.99. The molecule has 0 aromatic carbocycles. The molecule has 27 heavy (non-hydrogen) atoms. The molecule has 1 aliphatic heterocycles. The summed E-state index contributed by atoms with van der Waals surface area (Å²) in [5, 5.41) is 6.86. The number of aryl methyl sites for hydroxylation is 1. The van der Waals surface area contributed by atoms with Crippen molar-refractivity contribution in [2.45, 2.75) is 20.4 Å². The van der Waals surface area contributed by atoms with E-state index in [1.165, 1.54) is 25.5 Å². The van der Waals surface area contributed by atoms with Gasteiger partial charge in [-0.3, -0.25) is 9.48 Å². The van der Waals surface area contributed by atoms with Gasteiger partial charge in [0.25, 0.3) is 5.91 Å². The molecule has 0 saturated heterocycles. The van der Waals surface area contributed by atoms with Crippen LogP contribution in [0.25, 0.3) is 0 Å². The van der Waals surface area contributed by atoms with Gasteiger partial charge in [-0.25, -0.2) is 9.29 Å². The van der Waals surface area contributed by atoms with E-state index in [4.69, 9.17) is 11.6 Å². The number of hydrogen-bond acceptors (Lipinski definition) is 5. The lowest BCUT2D eigenvalue weighted by Gasteiger charge is -2.23. The Bertz CT molecular complexity index is 1070. The molecule has 0 aliphatic carbocycles. The van der Waals surface area contributed by atoms with Crippen LogP contribution in [0.15, 0.2) is 40.7 Å². The maximum Gasteiger partial charge on any atom is 0.345 e. The van der Waals surface area contributed by atoms with Crippen molar-refractivity contribution in [2.24, 2.45) is 4.40 Å². The van der Waals surface area contributed by atoms with Crippen molar-refractivity contribution in [3.63, 3.8) is 0 Å². The third-order valence-electron chi connectivity index (χ3n) is 4.09. The van der Waals surface area contributed by atoms with Crippen LogP contribution in [0.4, 0.5) is 5.69 Å². The zero-order valence-electron chi connectivity index (χ0n) is 14.8. The molecule has 3 heterocycles. The molecule has 1 N–H and O–H groups in total. The molecule has 0 bridgehead atoms. The van der Waals surface area contributed by atoms with Crippen LogP contribution in [0.2, 0.25) is 5.15 Å². The molecule has 0 saturated carbocycles. The third-order valence-corrected chi connectivity index (χ3v) is 5.71. The van der Waals surface area contributed by atoms with E-state index in [2.05, 4.69) is 19.8 Å². The summed E-state index contributed by atoms with van der Waals surface area (Å²) in [6, 6.07) is 3.17. The molecular formula is C16H17ClN6O3S. The quantitative estimate of drug-likeness (QED) is 0.775. The van der Waals surface area contributed by atoms with Gasteiger partial charge in [-0.1, -0.05) is 11.6 Å². The zero-order valence-corrected chi connectivity index (χ0v) is 16.4. The smallest absolute Gasteiger partial charge is 0.318 e. The Kier molecular flexibility index (Phi) is 5.03. The van der Waals surface area contributed by atoms with Crippen LogP contribution in [-0.2, 0) is 21.5 Å². The van der Waals surface area contributed by atoms with Crippen molar-refractivity contribution in [2.75, 3.05) is 12.4 Å². The molecule has 2 aromatic rings. The van der Waals surface area contributed by atoms with E-state index in [9.17, 15) is 13.2 Å². The molecular weight excluding hydrogens is 392 g/mol. The highest BCUT2D eigenvalue weighted by Crippen LogP contribution is 2.24. The minimum Gasteiger partial charge on any atom is -0.318 e. The predicted octanol–water partition coefficient (Wildman–Crippen LogP) is 1.76. The van der Waals surface area contributed by atoms with Gasteiger partial charge in [0.15, 0.2) is 5.15 Å². The minimum atomic E-state index is -4.06. The van der Waals surface area contributed by atoms with Crippen molar-refractivity contribution in [3.8, 4) is 0 Å². The number of aromatic nitrogens is 3. The highest BCUT2D eigenvalue weighted by Gasteiger charge is 2.31. The number of rotatable bonds is 4. The van der Waals surface area contributed by atoms with Gasteiger partial charge in [-0.2, -0.15) is 13.5 Å². The highest BCUT2D eigenvalue weighted by molar-refractivity contribution is 7.88. The first-order chi connectivity index (χ1) is 12.7. The SMILES string of the molecule is CCn1ncc(C2=NS(=O)(=O)N(C)C(C(=O)Nc3cccnc3Cl)=C2)c1C. The number of carbonyl (C=O) groups excluding carboxylic acids is 1. The fraction of sp³-hybridized carbons (Fsp3) is 0.250. The van der Waals surface area contributed by atoms with Crippen molar-refractivity contribution < 1.29 is 13.2 Å². The number of allylic oxidation sites excluding steroid dienone is 1. The Hall–Kier alpha value is -2.72. The fourth-order valence-corrected chi connectivity index (χ4v) is 3.65. The maximum absolute atomic E-state index is 12.7. The van der Waals surface area contributed by atoms with Crippen LogP contribution in [0.1, 0.15) is 18.2 Å². The van der Waals surface area contributed by atoms with E-state index in [-0.39, 0.29) is 22.2 Å². The number of hydrogen-bond donors (Lipinski definition) is 1. The van der Waals surface area contributed by atoms with E-state index < -0.39 is 16.1 Å². The van der Waals surface area contributed by atoms with Gasteiger partial charge >= 0.3 is 10.2 Å². The topological polar surface area (TPSA) is 110 Å². The zero-order chi connectivity index (χ0) is 19.8. The van der Waals surface area contributed by atoms with E-state index in [1.54, 1.807) is 16.8 Å². The van der Waals surface area contributed by atoms with E-state index in [0.29, 0.717) is 12.1 Å². The van der Waals surface area contributed by atoms with Gasteiger partial charge in [0.1, 0.15) is 5.70 Å². The van der Waals surface area contributed by atoms with Crippen molar-refractivity contribution >= 4 is 39.1 Å². The molecule has 0 unspecified atom stereocenters. The molecule has 2 aromatic heterocycles. The monoisotopic (exact) mass is 408 g/mol. The number of likely N-dealkylation sites (N-methyl/N-ethyl adjacent to an activating group) is 1. The third kappa shape index (κ3) is 3.58. The number of nitrogens with zero attached hydrogens (tertiary/aromatic N) is 5. The van der Waals surface area contributed by atoms with Gasteiger partial charge in [-0.05, 0) is 32.1 Å². The van der Waals surface area contributed by atoms with Crippen LogP contribution >= 0.6 is 11.6 Å². The molecule has 1 amide bonds. The molecule has 0 spiro atoms. The van der Waals surface area contributed by atoms with Gasteiger partial charge in [0, 0.05) is 31.0 Å². The molecule has 0 fully saturated rings. The second-order valence-electron chi connectivity index (χ2n) is 5.71. The molecule has 11 heteroatoms. The number of nitrogens with one attached hydrogen (secondary N) is 1. The Labute approximate surface area is 161 Å². The van der Waals surface area contributed by atoms with Crippen LogP contribution in [-0.4, -0.2) is 46.2 Å². The summed E-state index contributed by atoms with van der Waals surface area (Å²) >= 11 is 5.95. The fourth-order valence-electron chi connectivity index (χ4n) is 2.57. The molecule has 0 radical (unpaired) electrons. The Balaban J connectivity index is 2.02. The molecule has 142 valence electrons. The number of amides is 1. The molecule has 1 aliphatic rings. The number of halogens is 1. The van der Waals surface area contributed by atoms with Gasteiger partial charge in [0.05, 0.1) is 17.6 Å². The normalized spacial score (nSPS) is 15.9. The largest absolute Gasteiger partial charge is 0.345 e. The first-order valence-electron chi connectivity index (χ1n) is 7.99. The second kappa shape index (κ2) is 7.12. The Morgan fingerprint density at radius 3 is 2.74 bits per heavy atom. The van der Waals surface area contributed by atoms with Crippen LogP contribution in [0.3, 0.4) is 0 Å². The van der Waals surface area contributed by atoms with Gasteiger partial charge in [-0.15, -0.1) is 4.40 Å². The van der Waals surface area contributed by atoms with Crippen LogP contribution in [0.5, 0.6) is 0 Å². The van der Waals surface area contributed by atoms with E-state index in [1.807, 2.05) is 13.8 Å². The van der Waals surface area contributed by atoms with Crippen LogP contribution in [0, 0.1) is 6.92 Å². The second-order valence-corrected chi connectivity index (χ2v) is 7.69. The molecule has 9 nitrogen and oxygen atoms in total. The number of carbonyl (C=O) groups is 1. The van der Waals surface area contributed by atoms with E-state index >= 15 is 0 Å². The van der Waals surface area contributed by atoms with Gasteiger partial charge in [0.2, 0.25) is 0 Å². The van der Waals surface area contributed by atoms with Crippen molar-refractivity contribution in [1.82, 2.24) is 19.1 Å². The molecule has 0 atom stereocenters. The van der Waals surface area contributed by atoms with E-state index in [0.717, 1.165) is 10.00 Å². The maximum atomic E-state index is 12.7. The number of pyridine rings is 1. The van der Waals surface area contributed by atoms with Gasteiger partial charge < -0.3 is 5.32 Å². The predicted molar refractivity (Wildman–Crippen MR) is 102 cm³/mol. The summed E-state index contributed by atoms with van der Waals surface area (Å²) in [4.78, 5) is 16.6. The lowest BCUT2D eigenvalue weighted by molar-refractivity contribution is -0.113. The summed E-state index contributed by atoms with van der Waals surface area (Å²) in [5.41, 5.74) is 1.62. The summed E-state index contributed by atoms with van der Waals surface area (Å²) in [6.45, 7) is 4.36. The number of anilines is 1. The Morgan fingerprint density at radius 2 is 2.11 bits per heavy atom. The Morgan fingerprint density at radius 1 is 1.37 bits per heavy atom. The summed E-state index contributed by atoms with van der Waals surface area (Å²) in [7, 11) is -2.80. The summed E-state index contributed by atoms with van der Waals surface area (Å²) < 4.78 is 31.2. The van der Waals surface area contributed by atoms with Crippen LogP contribution < -0.4 is 5.32 Å². The highest BCUT2D eigenvalue weighted by atomic mass is 35.5. The minimum absolute atomic E-state index is 0.0939. The van der Waals surface area contributed by atoms with Crippen molar-refractivity contribution in [3.05, 3.63) is 52.7 Å². The first-order valence-corrected chi connectivity index (χ1v) is 9.77. The lowest BCUT2D eigenvalue weighted by Crippen LogP contribution is -2.35. The average molecular weight is 409 g/mol. The van der Waals surface area contributed by atoms with Crippen molar-refractivity contribution in [1.29, 1.82) is 0 Å². The standard InChI is InChI=1S/C16H17ClN6O3S/c1-4-23-10(2)11(9-19-23)13-8-14(22(3)27(25,26)21-13)16(24)20-12-6-5-7-18-15(12)17/h5-9H,4H2,1-3H3,(H,20,24). The summed E-state index contributed by atoms with van der Waals surface area (Å²) in [5.74, 6) is -0.649. The molecule has 3 rings (SSSR count).